The number of amides is 1. The molecule has 3 rings (SSSR count). The van der Waals surface area contributed by atoms with Crippen LogP contribution >= 0.6 is 11.3 Å². The molecule has 7 heteroatoms. The Morgan fingerprint density at radius 1 is 1.36 bits per heavy atom. The Morgan fingerprint density at radius 3 is 2.80 bits per heavy atom. The van der Waals surface area contributed by atoms with Gasteiger partial charge in [0, 0.05) is 24.1 Å². The largest absolute Gasteiger partial charge is 0.327 e. The minimum atomic E-state index is -0.434. The van der Waals surface area contributed by atoms with E-state index in [-0.39, 0.29) is 11.5 Å². The predicted molar refractivity (Wildman–Crippen MR) is 96.2 cm³/mol. The number of hydrogen-bond acceptors (Lipinski definition) is 5. The first-order chi connectivity index (χ1) is 12.1. The average molecular weight is 350 g/mol. The number of thiazole rings is 1. The number of nitriles is 1. The molecule has 0 saturated carbocycles. The topological polar surface area (TPSA) is 89.8 Å². The van der Waals surface area contributed by atoms with Crippen molar-refractivity contribution in [1.29, 1.82) is 5.26 Å². The van der Waals surface area contributed by atoms with E-state index in [1.165, 1.54) is 30.5 Å². The van der Waals surface area contributed by atoms with Gasteiger partial charge < -0.3 is 4.98 Å². The highest BCUT2D eigenvalue weighted by Gasteiger charge is 2.17. The minimum absolute atomic E-state index is 0.0276. The molecule has 2 heterocycles. The van der Waals surface area contributed by atoms with E-state index in [0.717, 1.165) is 5.56 Å². The average Bonchev–Trinajstić information content (AvgIpc) is 3.10. The maximum absolute atomic E-state index is 12.0. The van der Waals surface area contributed by atoms with Crippen LogP contribution in [0, 0.1) is 11.3 Å². The molecule has 0 saturated heterocycles. The molecular formula is C18H14N4O2S. The molecule has 0 aliphatic rings. The third-order valence-corrected chi connectivity index (χ3v) is 4.47. The molecule has 3 aromatic rings. The van der Waals surface area contributed by atoms with Crippen LogP contribution in [0.15, 0.2) is 52.8 Å². The first kappa shape index (κ1) is 16.6. The normalized spacial score (nSPS) is 10.2. The summed E-state index contributed by atoms with van der Waals surface area (Å²) in [5.41, 5.74) is 1.83. The Morgan fingerprint density at radius 2 is 2.12 bits per heavy atom. The molecule has 0 aliphatic heterocycles. The summed E-state index contributed by atoms with van der Waals surface area (Å²) in [7, 11) is 0. The van der Waals surface area contributed by atoms with Crippen LogP contribution in [-0.2, 0) is 11.3 Å². The zero-order chi connectivity index (χ0) is 17.8. The van der Waals surface area contributed by atoms with Crippen molar-refractivity contribution in [1.82, 2.24) is 9.97 Å². The highest BCUT2D eigenvalue weighted by atomic mass is 32.1. The lowest BCUT2D eigenvalue weighted by atomic mass is 10.2. The Kier molecular flexibility index (Phi) is 4.73. The van der Waals surface area contributed by atoms with E-state index >= 15 is 0 Å². The molecule has 1 N–H and O–H groups in total. The van der Waals surface area contributed by atoms with E-state index in [4.69, 9.17) is 5.26 Å². The molecule has 0 atom stereocenters. The van der Waals surface area contributed by atoms with Crippen molar-refractivity contribution in [2.24, 2.45) is 0 Å². The van der Waals surface area contributed by atoms with Gasteiger partial charge in [-0.2, -0.15) is 5.26 Å². The number of anilines is 1. The third kappa shape index (κ3) is 3.65. The van der Waals surface area contributed by atoms with E-state index in [1.807, 2.05) is 36.4 Å². The van der Waals surface area contributed by atoms with Gasteiger partial charge >= 0.3 is 0 Å². The molecule has 1 amide bonds. The van der Waals surface area contributed by atoms with Crippen molar-refractivity contribution in [3.05, 3.63) is 69.5 Å². The van der Waals surface area contributed by atoms with Gasteiger partial charge in [-0.1, -0.05) is 30.3 Å². The number of benzene rings is 1. The summed E-state index contributed by atoms with van der Waals surface area (Å²) in [6.07, 6.45) is 1.51. The number of hydrogen-bond donors (Lipinski definition) is 1. The smallest absolute Gasteiger partial charge is 0.265 e. The molecule has 6 nitrogen and oxygen atoms in total. The summed E-state index contributed by atoms with van der Waals surface area (Å²) in [5, 5.41) is 11.3. The fourth-order valence-electron chi connectivity index (χ4n) is 2.32. The second kappa shape index (κ2) is 7.11. The quantitative estimate of drug-likeness (QED) is 0.783. The standard InChI is InChI=1S/C18H14N4O2S/c1-12(23)22(10-13-5-3-2-4-6-13)18-21-16(11-25-18)15-7-14(8-19)17(24)20-9-15/h2-7,9,11H,10H2,1H3,(H,20,24). The molecular weight excluding hydrogens is 336 g/mol. The molecule has 1 aromatic carbocycles. The predicted octanol–water partition coefficient (Wildman–Crippen LogP) is 2.92. The van der Waals surface area contributed by atoms with E-state index in [2.05, 4.69) is 9.97 Å². The molecule has 0 fully saturated rings. The van der Waals surface area contributed by atoms with Gasteiger partial charge in [-0.3, -0.25) is 14.5 Å². The SMILES string of the molecule is CC(=O)N(Cc1ccccc1)c1nc(-c2c[nH]c(=O)c(C#N)c2)cs1. The number of carbonyl (C=O) groups excluding carboxylic acids is 1. The van der Waals surface area contributed by atoms with Crippen molar-refractivity contribution >= 4 is 22.4 Å². The fraction of sp³-hybridized carbons (Fsp3) is 0.111. The molecule has 25 heavy (non-hydrogen) atoms. The van der Waals surface area contributed by atoms with Crippen LogP contribution in [0.5, 0.6) is 0 Å². The number of nitrogens with zero attached hydrogens (tertiary/aromatic N) is 3. The molecule has 124 valence electrons. The molecule has 0 aliphatic carbocycles. The minimum Gasteiger partial charge on any atom is -0.327 e. The lowest BCUT2D eigenvalue weighted by Crippen LogP contribution is -2.27. The van der Waals surface area contributed by atoms with Crippen molar-refractivity contribution in [3.63, 3.8) is 0 Å². The van der Waals surface area contributed by atoms with Gasteiger partial charge in [-0.05, 0) is 11.6 Å². The van der Waals surface area contributed by atoms with E-state index in [9.17, 15) is 9.59 Å². The number of pyridine rings is 1. The van der Waals surface area contributed by atoms with Gasteiger partial charge in [0.1, 0.15) is 11.6 Å². The molecule has 0 bridgehead atoms. The van der Waals surface area contributed by atoms with E-state index < -0.39 is 5.56 Å². The monoisotopic (exact) mass is 350 g/mol. The summed E-state index contributed by atoms with van der Waals surface area (Å²) < 4.78 is 0. The Balaban J connectivity index is 1.92. The molecule has 0 spiro atoms. The third-order valence-electron chi connectivity index (χ3n) is 3.61. The maximum Gasteiger partial charge on any atom is 0.265 e. The number of carbonyl (C=O) groups is 1. The van der Waals surface area contributed by atoms with E-state index in [0.29, 0.717) is 22.9 Å². The van der Waals surface area contributed by atoms with Crippen LogP contribution in [0.4, 0.5) is 5.13 Å². The number of rotatable bonds is 4. The summed E-state index contributed by atoms with van der Waals surface area (Å²) >= 11 is 1.34. The van der Waals surface area contributed by atoms with Crippen LogP contribution in [0.25, 0.3) is 11.3 Å². The highest BCUT2D eigenvalue weighted by Crippen LogP contribution is 2.28. The van der Waals surface area contributed by atoms with Gasteiger partial charge in [0.15, 0.2) is 5.13 Å². The molecule has 2 aromatic heterocycles. The van der Waals surface area contributed by atoms with Gasteiger partial charge in [0.25, 0.3) is 5.56 Å². The molecule has 0 unspecified atom stereocenters. The zero-order valence-corrected chi connectivity index (χ0v) is 14.2. The second-order valence-electron chi connectivity index (χ2n) is 5.35. The second-order valence-corrected chi connectivity index (χ2v) is 6.19. The first-order valence-corrected chi connectivity index (χ1v) is 8.37. The Bertz CT molecular complexity index is 1000. The molecule has 0 radical (unpaired) electrons. The van der Waals surface area contributed by atoms with Gasteiger partial charge in [0.2, 0.25) is 5.91 Å². The Hall–Kier alpha value is -3.24. The number of aromatic nitrogens is 2. The summed E-state index contributed by atoms with van der Waals surface area (Å²) in [4.78, 5) is 32.2. The van der Waals surface area contributed by atoms with Crippen molar-refractivity contribution in [2.75, 3.05) is 4.90 Å². The van der Waals surface area contributed by atoms with Crippen molar-refractivity contribution < 1.29 is 4.79 Å². The van der Waals surface area contributed by atoms with Crippen molar-refractivity contribution in [2.45, 2.75) is 13.5 Å². The lowest BCUT2D eigenvalue weighted by Gasteiger charge is -2.17. The van der Waals surface area contributed by atoms with Crippen LogP contribution in [0.3, 0.4) is 0 Å². The number of H-pyrrole nitrogens is 1. The van der Waals surface area contributed by atoms with Crippen LogP contribution in [0.1, 0.15) is 18.1 Å². The van der Waals surface area contributed by atoms with Gasteiger partial charge in [-0.15, -0.1) is 11.3 Å². The van der Waals surface area contributed by atoms with Gasteiger partial charge in [-0.25, -0.2) is 4.98 Å². The highest BCUT2D eigenvalue weighted by molar-refractivity contribution is 7.14. The van der Waals surface area contributed by atoms with Gasteiger partial charge in [0.05, 0.1) is 12.2 Å². The first-order valence-electron chi connectivity index (χ1n) is 7.49. The van der Waals surface area contributed by atoms with Crippen LogP contribution in [0.2, 0.25) is 0 Å². The van der Waals surface area contributed by atoms with Crippen LogP contribution < -0.4 is 10.5 Å². The number of aromatic amines is 1. The number of nitrogens with one attached hydrogen (secondary N) is 1. The zero-order valence-electron chi connectivity index (χ0n) is 13.4. The summed E-state index contributed by atoms with van der Waals surface area (Å²) in [6, 6.07) is 13.0. The maximum atomic E-state index is 12.0. The summed E-state index contributed by atoms with van der Waals surface area (Å²) in [5.74, 6) is -0.107. The van der Waals surface area contributed by atoms with E-state index in [1.54, 1.807) is 10.3 Å². The fourth-order valence-corrected chi connectivity index (χ4v) is 3.19. The lowest BCUT2D eigenvalue weighted by molar-refractivity contribution is -0.116. The Labute approximate surface area is 148 Å². The summed E-state index contributed by atoms with van der Waals surface area (Å²) in [6.45, 7) is 1.93. The van der Waals surface area contributed by atoms with Crippen molar-refractivity contribution in [3.8, 4) is 17.3 Å². The van der Waals surface area contributed by atoms with Crippen LogP contribution in [-0.4, -0.2) is 15.9 Å².